The summed E-state index contributed by atoms with van der Waals surface area (Å²) >= 11 is 0. The molecule has 0 radical (unpaired) electrons. The topological polar surface area (TPSA) is 95.9 Å². The molecule has 0 bridgehead atoms. The summed E-state index contributed by atoms with van der Waals surface area (Å²) in [6, 6.07) is 0. The van der Waals surface area contributed by atoms with E-state index in [2.05, 4.69) is 5.32 Å². The number of hydrogen-bond acceptors (Lipinski definition) is 4. The standard InChI is InChI=1S/C12H19NO5/c14-8-3-1-2-7(8)6-13-11(15)9-4-5-10(18-9)12(16)17/h7-10,14H,1-6H2,(H,13,15)(H,16,17). The summed E-state index contributed by atoms with van der Waals surface area (Å²) in [4.78, 5) is 22.5. The molecule has 2 aliphatic rings. The SMILES string of the molecule is O=C(O)C1CCC(C(=O)NCC2CCCC2O)O1. The van der Waals surface area contributed by atoms with Crippen LogP contribution in [0.15, 0.2) is 0 Å². The molecule has 4 atom stereocenters. The number of carboxylic acids is 1. The summed E-state index contributed by atoms with van der Waals surface area (Å²) in [5.41, 5.74) is 0. The van der Waals surface area contributed by atoms with Crippen molar-refractivity contribution in [3.8, 4) is 0 Å². The first-order valence-corrected chi connectivity index (χ1v) is 6.42. The van der Waals surface area contributed by atoms with Gasteiger partial charge in [-0.15, -0.1) is 0 Å². The Morgan fingerprint density at radius 1 is 1.17 bits per heavy atom. The smallest absolute Gasteiger partial charge is 0.332 e. The molecule has 0 spiro atoms. The maximum atomic E-state index is 11.8. The van der Waals surface area contributed by atoms with Crippen molar-refractivity contribution >= 4 is 11.9 Å². The number of aliphatic hydroxyl groups is 1. The van der Waals surface area contributed by atoms with Crippen LogP contribution in [0.3, 0.4) is 0 Å². The molecule has 6 heteroatoms. The van der Waals surface area contributed by atoms with Gasteiger partial charge in [0, 0.05) is 12.5 Å². The van der Waals surface area contributed by atoms with E-state index in [0.29, 0.717) is 19.4 Å². The second kappa shape index (κ2) is 5.67. The molecule has 1 heterocycles. The molecule has 1 aliphatic heterocycles. The van der Waals surface area contributed by atoms with E-state index < -0.39 is 18.2 Å². The second-order valence-electron chi connectivity index (χ2n) is 5.03. The summed E-state index contributed by atoms with van der Waals surface area (Å²) in [7, 11) is 0. The molecule has 1 aliphatic carbocycles. The van der Waals surface area contributed by atoms with Gasteiger partial charge >= 0.3 is 5.97 Å². The van der Waals surface area contributed by atoms with Crippen LogP contribution in [0.5, 0.6) is 0 Å². The third-order valence-electron chi connectivity index (χ3n) is 3.74. The molecule has 3 N–H and O–H groups in total. The van der Waals surface area contributed by atoms with Crippen molar-refractivity contribution in [2.45, 2.75) is 50.4 Å². The molecule has 4 unspecified atom stereocenters. The van der Waals surface area contributed by atoms with Crippen molar-refractivity contribution in [2.24, 2.45) is 5.92 Å². The van der Waals surface area contributed by atoms with Gasteiger partial charge in [-0.25, -0.2) is 4.79 Å². The van der Waals surface area contributed by atoms with Gasteiger partial charge in [-0.1, -0.05) is 6.42 Å². The van der Waals surface area contributed by atoms with E-state index in [1.807, 2.05) is 0 Å². The van der Waals surface area contributed by atoms with E-state index in [9.17, 15) is 14.7 Å². The van der Waals surface area contributed by atoms with Gasteiger partial charge in [-0.05, 0) is 25.7 Å². The Labute approximate surface area is 105 Å². The fourth-order valence-electron chi connectivity index (χ4n) is 2.61. The van der Waals surface area contributed by atoms with Crippen LogP contribution in [-0.2, 0) is 14.3 Å². The van der Waals surface area contributed by atoms with Crippen LogP contribution >= 0.6 is 0 Å². The molecule has 6 nitrogen and oxygen atoms in total. The maximum absolute atomic E-state index is 11.8. The minimum Gasteiger partial charge on any atom is -0.479 e. The number of rotatable bonds is 4. The highest BCUT2D eigenvalue weighted by molar-refractivity contribution is 5.82. The first-order chi connectivity index (χ1) is 8.58. The minimum absolute atomic E-state index is 0.116. The van der Waals surface area contributed by atoms with Crippen LogP contribution in [0.2, 0.25) is 0 Å². The number of carboxylic acid groups (broad SMARTS) is 1. The molecule has 2 rings (SSSR count). The monoisotopic (exact) mass is 257 g/mol. The highest BCUT2D eigenvalue weighted by atomic mass is 16.5. The molecule has 2 fully saturated rings. The lowest BCUT2D eigenvalue weighted by molar-refractivity contribution is -0.151. The molecule has 1 saturated carbocycles. The van der Waals surface area contributed by atoms with E-state index in [4.69, 9.17) is 9.84 Å². The van der Waals surface area contributed by atoms with Gasteiger partial charge < -0.3 is 20.3 Å². The molecule has 0 aromatic carbocycles. The highest BCUT2D eigenvalue weighted by Gasteiger charge is 2.35. The van der Waals surface area contributed by atoms with Gasteiger partial charge in [0.2, 0.25) is 5.91 Å². The number of aliphatic carboxylic acids is 1. The van der Waals surface area contributed by atoms with Crippen LogP contribution in [0.4, 0.5) is 0 Å². The number of ether oxygens (including phenoxy) is 1. The molecule has 1 saturated heterocycles. The van der Waals surface area contributed by atoms with Crippen molar-refractivity contribution in [1.82, 2.24) is 5.32 Å². The van der Waals surface area contributed by atoms with Gasteiger partial charge in [-0.2, -0.15) is 0 Å². The molecule has 18 heavy (non-hydrogen) atoms. The zero-order valence-corrected chi connectivity index (χ0v) is 10.2. The lowest BCUT2D eigenvalue weighted by atomic mass is 10.1. The summed E-state index contributed by atoms with van der Waals surface area (Å²) in [6.45, 7) is 0.442. The summed E-state index contributed by atoms with van der Waals surface area (Å²) in [5, 5.41) is 21.1. The Kier molecular flexibility index (Phi) is 4.19. The van der Waals surface area contributed by atoms with Crippen LogP contribution in [0.1, 0.15) is 32.1 Å². The van der Waals surface area contributed by atoms with E-state index in [1.54, 1.807) is 0 Å². The Hall–Kier alpha value is -1.14. The highest BCUT2D eigenvalue weighted by Crippen LogP contribution is 2.25. The summed E-state index contributed by atoms with van der Waals surface area (Å²) < 4.78 is 5.15. The maximum Gasteiger partial charge on any atom is 0.332 e. The Balaban J connectivity index is 1.74. The first-order valence-electron chi connectivity index (χ1n) is 6.42. The molecule has 0 aromatic heterocycles. The molecule has 102 valence electrons. The van der Waals surface area contributed by atoms with Crippen LogP contribution in [0.25, 0.3) is 0 Å². The average Bonchev–Trinajstić information content (AvgIpc) is 2.94. The van der Waals surface area contributed by atoms with E-state index in [-0.39, 0.29) is 17.9 Å². The van der Waals surface area contributed by atoms with Gasteiger partial charge in [0.05, 0.1) is 6.10 Å². The number of carbonyl (C=O) groups excluding carboxylic acids is 1. The van der Waals surface area contributed by atoms with Crippen molar-refractivity contribution < 1.29 is 24.5 Å². The summed E-state index contributed by atoms with van der Waals surface area (Å²) in [6.07, 6.45) is 1.66. The summed E-state index contributed by atoms with van der Waals surface area (Å²) in [5.74, 6) is -1.17. The number of nitrogens with one attached hydrogen (secondary N) is 1. The Morgan fingerprint density at radius 2 is 1.89 bits per heavy atom. The van der Waals surface area contributed by atoms with Gasteiger partial charge in [0.25, 0.3) is 0 Å². The van der Waals surface area contributed by atoms with Crippen molar-refractivity contribution in [2.75, 3.05) is 6.54 Å². The zero-order valence-electron chi connectivity index (χ0n) is 10.2. The first kappa shape index (κ1) is 13.3. The van der Waals surface area contributed by atoms with Crippen LogP contribution < -0.4 is 5.32 Å². The van der Waals surface area contributed by atoms with Crippen molar-refractivity contribution in [1.29, 1.82) is 0 Å². The predicted octanol–water partition coefficient (Wildman–Crippen LogP) is -0.104. The number of hydrogen-bond donors (Lipinski definition) is 3. The fourth-order valence-corrected chi connectivity index (χ4v) is 2.61. The quantitative estimate of drug-likeness (QED) is 0.653. The molecule has 1 amide bonds. The predicted molar refractivity (Wildman–Crippen MR) is 61.9 cm³/mol. The lowest BCUT2D eigenvalue weighted by Gasteiger charge is -2.17. The molecule has 0 aromatic rings. The average molecular weight is 257 g/mol. The number of aliphatic hydroxyl groups excluding tert-OH is 1. The Bertz CT molecular complexity index is 332. The fraction of sp³-hybridized carbons (Fsp3) is 0.833. The van der Waals surface area contributed by atoms with Crippen LogP contribution in [-0.4, -0.2) is 46.9 Å². The van der Waals surface area contributed by atoms with Gasteiger partial charge in [0.1, 0.15) is 6.10 Å². The molecular formula is C12H19NO5. The number of carbonyl (C=O) groups is 2. The van der Waals surface area contributed by atoms with E-state index >= 15 is 0 Å². The largest absolute Gasteiger partial charge is 0.479 e. The van der Waals surface area contributed by atoms with Crippen molar-refractivity contribution in [3.05, 3.63) is 0 Å². The van der Waals surface area contributed by atoms with Crippen LogP contribution in [0, 0.1) is 5.92 Å². The van der Waals surface area contributed by atoms with Gasteiger partial charge in [-0.3, -0.25) is 4.79 Å². The van der Waals surface area contributed by atoms with E-state index in [1.165, 1.54) is 0 Å². The minimum atomic E-state index is -1.02. The second-order valence-corrected chi connectivity index (χ2v) is 5.03. The lowest BCUT2D eigenvalue weighted by Crippen LogP contribution is -2.39. The van der Waals surface area contributed by atoms with Crippen molar-refractivity contribution in [3.63, 3.8) is 0 Å². The third-order valence-corrected chi connectivity index (χ3v) is 3.74. The van der Waals surface area contributed by atoms with E-state index in [0.717, 1.165) is 19.3 Å². The number of amides is 1. The molecular weight excluding hydrogens is 238 g/mol. The third kappa shape index (κ3) is 3.00. The normalized spacial score (nSPS) is 35.6. The zero-order chi connectivity index (χ0) is 13.1. The van der Waals surface area contributed by atoms with Gasteiger partial charge in [0.15, 0.2) is 6.10 Å². The Morgan fingerprint density at radius 3 is 2.44 bits per heavy atom.